The van der Waals surface area contributed by atoms with Gasteiger partial charge in [0, 0.05) is 31.5 Å². The molecule has 0 aliphatic carbocycles. The molecular weight excluding hydrogens is 370 g/mol. The number of aryl methyl sites for hydroxylation is 1. The fourth-order valence-electron chi connectivity index (χ4n) is 4.63. The van der Waals surface area contributed by atoms with Gasteiger partial charge in [0.1, 0.15) is 5.75 Å². The van der Waals surface area contributed by atoms with Gasteiger partial charge in [-0.3, -0.25) is 4.98 Å². The summed E-state index contributed by atoms with van der Waals surface area (Å²) in [5.41, 5.74) is 10.3. The van der Waals surface area contributed by atoms with E-state index < -0.39 is 0 Å². The Morgan fingerprint density at radius 3 is 2.67 bits per heavy atom. The summed E-state index contributed by atoms with van der Waals surface area (Å²) in [4.78, 5) is 7.27. The highest BCUT2D eigenvalue weighted by Crippen LogP contribution is 2.34. The molecule has 0 N–H and O–H groups in total. The van der Waals surface area contributed by atoms with Crippen LogP contribution >= 0.6 is 0 Å². The molecule has 5 rings (SSSR count). The van der Waals surface area contributed by atoms with Crippen LogP contribution in [0.4, 0.5) is 5.69 Å². The number of fused-ring (bicyclic) bond motifs is 2. The quantitative estimate of drug-likeness (QED) is 0.470. The molecular formula is C26H27N3O. The van der Waals surface area contributed by atoms with Gasteiger partial charge in [-0.15, -0.1) is 0 Å². The van der Waals surface area contributed by atoms with Crippen molar-refractivity contribution in [2.75, 3.05) is 18.6 Å². The molecule has 0 spiro atoms. The highest BCUT2D eigenvalue weighted by molar-refractivity contribution is 5.92. The van der Waals surface area contributed by atoms with Crippen molar-refractivity contribution in [1.29, 1.82) is 0 Å². The van der Waals surface area contributed by atoms with Crippen molar-refractivity contribution in [3.63, 3.8) is 0 Å². The third kappa shape index (κ3) is 3.13. The molecule has 1 aliphatic rings. The number of aromatic nitrogens is 2. The second-order valence-corrected chi connectivity index (χ2v) is 8.12. The second-order valence-electron chi connectivity index (χ2n) is 8.12. The summed E-state index contributed by atoms with van der Waals surface area (Å²) in [5, 5.41) is 0. The largest absolute Gasteiger partial charge is 0.497 e. The van der Waals surface area contributed by atoms with Crippen molar-refractivity contribution in [3.8, 4) is 5.75 Å². The Morgan fingerprint density at radius 2 is 1.83 bits per heavy atom. The number of pyridine rings is 1. The van der Waals surface area contributed by atoms with E-state index >= 15 is 0 Å². The van der Waals surface area contributed by atoms with E-state index in [2.05, 4.69) is 71.8 Å². The summed E-state index contributed by atoms with van der Waals surface area (Å²) in [5.74, 6) is 0.893. The van der Waals surface area contributed by atoms with E-state index in [0.29, 0.717) is 0 Å². The van der Waals surface area contributed by atoms with Gasteiger partial charge in [0.25, 0.3) is 0 Å². The third-order valence-electron chi connectivity index (χ3n) is 6.42. The fraction of sp³-hybridized carbons (Fsp3) is 0.269. The highest BCUT2D eigenvalue weighted by Gasteiger charge is 2.22. The van der Waals surface area contributed by atoms with Gasteiger partial charge in [0.2, 0.25) is 0 Å². The summed E-state index contributed by atoms with van der Waals surface area (Å²) in [6, 6.07) is 19.3. The van der Waals surface area contributed by atoms with Crippen molar-refractivity contribution in [3.05, 3.63) is 88.7 Å². The summed E-state index contributed by atoms with van der Waals surface area (Å²) in [6.07, 6.45) is 3.04. The lowest BCUT2D eigenvalue weighted by atomic mass is 9.99. The number of methoxy groups -OCH3 is 1. The van der Waals surface area contributed by atoms with Crippen LogP contribution in [0.2, 0.25) is 0 Å². The van der Waals surface area contributed by atoms with E-state index in [9.17, 15) is 0 Å². The van der Waals surface area contributed by atoms with Crippen LogP contribution < -0.4 is 9.64 Å². The van der Waals surface area contributed by atoms with Crippen LogP contribution in [-0.2, 0) is 19.5 Å². The first kappa shape index (κ1) is 18.7. The van der Waals surface area contributed by atoms with Gasteiger partial charge in [0.15, 0.2) is 0 Å². The van der Waals surface area contributed by atoms with Crippen LogP contribution in [0.15, 0.2) is 60.8 Å². The zero-order valence-electron chi connectivity index (χ0n) is 17.9. The van der Waals surface area contributed by atoms with Gasteiger partial charge in [-0.2, -0.15) is 0 Å². The molecule has 0 amide bonds. The maximum atomic E-state index is 5.44. The molecule has 0 saturated carbocycles. The standard InChI is InChI=1S/C26H27N3O/c1-18-19(2)29(16-20-7-6-10-23(15-20)30-3)26-24(11-13-27-25(18)26)28-14-12-21-8-4-5-9-22(21)17-28/h4-11,13,15H,12,14,16-17H2,1-3H3. The summed E-state index contributed by atoms with van der Waals surface area (Å²) in [6.45, 7) is 7.15. The van der Waals surface area contributed by atoms with E-state index in [0.717, 1.165) is 37.3 Å². The first-order valence-electron chi connectivity index (χ1n) is 10.5. The molecule has 0 bridgehead atoms. The normalized spacial score (nSPS) is 13.5. The van der Waals surface area contributed by atoms with Gasteiger partial charge in [-0.25, -0.2) is 0 Å². The lowest BCUT2D eigenvalue weighted by Crippen LogP contribution is -2.30. The predicted octanol–water partition coefficient (Wildman–Crippen LogP) is 5.27. The van der Waals surface area contributed by atoms with E-state index in [4.69, 9.17) is 9.72 Å². The zero-order chi connectivity index (χ0) is 20.7. The molecule has 1 aliphatic heterocycles. The maximum absolute atomic E-state index is 5.44. The van der Waals surface area contributed by atoms with Crippen molar-refractivity contribution < 1.29 is 4.74 Å². The first-order chi connectivity index (χ1) is 14.7. The molecule has 2 aromatic heterocycles. The van der Waals surface area contributed by atoms with Crippen LogP contribution in [0.25, 0.3) is 11.0 Å². The lowest BCUT2D eigenvalue weighted by molar-refractivity contribution is 0.414. The van der Waals surface area contributed by atoms with Crippen LogP contribution in [0.5, 0.6) is 5.75 Å². The van der Waals surface area contributed by atoms with Gasteiger partial charge in [-0.1, -0.05) is 36.4 Å². The van der Waals surface area contributed by atoms with Gasteiger partial charge < -0.3 is 14.2 Å². The van der Waals surface area contributed by atoms with Crippen molar-refractivity contribution in [2.24, 2.45) is 0 Å². The van der Waals surface area contributed by atoms with Crippen LogP contribution in [0.3, 0.4) is 0 Å². The number of rotatable bonds is 4. The lowest BCUT2D eigenvalue weighted by Gasteiger charge is -2.31. The number of anilines is 1. The molecule has 0 saturated heterocycles. The van der Waals surface area contributed by atoms with Gasteiger partial charge >= 0.3 is 0 Å². The molecule has 2 aromatic carbocycles. The highest BCUT2D eigenvalue weighted by atomic mass is 16.5. The summed E-state index contributed by atoms with van der Waals surface area (Å²) < 4.78 is 7.86. The predicted molar refractivity (Wildman–Crippen MR) is 122 cm³/mol. The molecule has 0 atom stereocenters. The minimum absolute atomic E-state index is 0.802. The Balaban J connectivity index is 1.61. The topological polar surface area (TPSA) is 30.3 Å². The van der Waals surface area contributed by atoms with Crippen molar-refractivity contribution >= 4 is 16.7 Å². The smallest absolute Gasteiger partial charge is 0.119 e. The molecule has 152 valence electrons. The van der Waals surface area contributed by atoms with Gasteiger partial charge in [-0.05, 0) is 60.7 Å². The van der Waals surface area contributed by atoms with Crippen LogP contribution in [0, 0.1) is 13.8 Å². The Hall–Kier alpha value is -3.27. The second kappa shape index (κ2) is 7.52. The Bertz CT molecular complexity index is 1220. The molecule has 0 fully saturated rings. The van der Waals surface area contributed by atoms with E-state index in [1.807, 2.05) is 12.3 Å². The fourth-order valence-corrected chi connectivity index (χ4v) is 4.63. The molecule has 30 heavy (non-hydrogen) atoms. The molecule has 0 unspecified atom stereocenters. The zero-order valence-corrected chi connectivity index (χ0v) is 17.9. The maximum Gasteiger partial charge on any atom is 0.119 e. The monoisotopic (exact) mass is 397 g/mol. The molecule has 0 radical (unpaired) electrons. The number of benzene rings is 2. The number of hydrogen-bond acceptors (Lipinski definition) is 3. The number of hydrogen-bond donors (Lipinski definition) is 0. The minimum atomic E-state index is 0.802. The van der Waals surface area contributed by atoms with Crippen molar-refractivity contribution in [2.45, 2.75) is 33.4 Å². The van der Waals surface area contributed by atoms with Crippen molar-refractivity contribution in [1.82, 2.24) is 9.55 Å². The first-order valence-corrected chi connectivity index (χ1v) is 10.5. The molecule has 4 nitrogen and oxygen atoms in total. The molecule has 4 aromatic rings. The molecule has 4 heteroatoms. The van der Waals surface area contributed by atoms with Crippen LogP contribution in [-0.4, -0.2) is 23.2 Å². The summed E-state index contributed by atoms with van der Waals surface area (Å²) >= 11 is 0. The van der Waals surface area contributed by atoms with E-state index in [-0.39, 0.29) is 0 Å². The molecule has 3 heterocycles. The average Bonchev–Trinajstić information content (AvgIpc) is 3.04. The SMILES string of the molecule is COc1cccc(Cn2c(C)c(C)c3nccc(N4CCc5ccccc5C4)c32)c1. The summed E-state index contributed by atoms with van der Waals surface area (Å²) in [7, 11) is 1.72. The van der Waals surface area contributed by atoms with E-state index in [1.165, 1.54) is 39.2 Å². The number of ether oxygens (including phenoxy) is 1. The van der Waals surface area contributed by atoms with E-state index in [1.54, 1.807) is 7.11 Å². The Morgan fingerprint density at radius 1 is 1.00 bits per heavy atom. The van der Waals surface area contributed by atoms with Crippen LogP contribution in [0.1, 0.15) is 27.9 Å². The third-order valence-corrected chi connectivity index (χ3v) is 6.42. The Labute approximate surface area is 177 Å². The average molecular weight is 398 g/mol. The minimum Gasteiger partial charge on any atom is -0.497 e. The Kier molecular flexibility index (Phi) is 4.70. The van der Waals surface area contributed by atoms with Gasteiger partial charge in [0.05, 0.1) is 23.8 Å². The number of nitrogens with zero attached hydrogens (tertiary/aromatic N) is 3.